The molecule has 11 nitrogen and oxygen atoms in total. The molecule has 2 amide bonds. The normalized spacial score (nSPS) is 15.9. The molecule has 3 N–H and O–H groups in total. The third kappa shape index (κ3) is 8.65. The summed E-state index contributed by atoms with van der Waals surface area (Å²) in [5.41, 5.74) is 1.25. The lowest BCUT2D eigenvalue weighted by Crippen LogP contribution is -2.49. The van der Waals surface area contributed by atoms with Gasteiger partial charge in [0.1, 0.15) is 18.1 Å². The van der Waals surface area contributed by atoms with Crippen molar-refractivity contribution in [1.29, 1.82) is 0 Å². The molecule has 1 aliphatic rings. The molecule has 228 valence electrons. The maximum absolute atomic E-state index is 15.3. The summed E-state index contributed by atoms with van der Waals surface area (Å²) in [4.78, 5) is 32.4. The van der Waals surface area contributed by atoms with Crippen molar-refractivity contribution in [3.63, 3.8) is 0 Å². The van der Waals surface area contributed by atoms with Crippen LogP contribution < -0.4 is 15.5 Å². The Labute approximate surface area is 247 Å². The van der Waals surface area contributed by atoms with Crippen molar-refractivity contribution in [3.8, 4) is 11.3 Å². The van der Waals surface area contributed by atoms with E-state index in [1.807, 2.05) is 4.90 Å². The molecular formula is C29H42FN7O4Si. The number of rotatable bonds is 10. The summed E-state index contributed by atoms with van der Waals surface area (Å²) in [5, 5.41) is 12.5. The van der Waals surface area contributed by atoms with E-state index in [9.17, 15) is 9.59 Å². The number of nitrogens with zero attached hydrogens (tertiary/aromatic N) is 4. The zero-order chi connectivity index (χ0) is 30.5. The summed E-state index contributed by atoms with van der Waals surface area (Å²) in [6, 6.07) is 5.33. The van der Waals surface area contributed by atoms with Gasteiger partial charge < -0.3 is 29.6 Å². The molecule has 0 saturated carbocycles. The van der Waals surface area contributed by atoms with Crippen molar-refractivity contribution >= 4 is 31.4 Å². The molecule has 42 heavy (non-hydrogen) atoms. The molecule has 1 saturated heterocycles. The van der Waals surface area contributed by atoms with Crippen molar-refractivity contribution in [2.75, 3.05) is 29.9 Å². The Morgan fingerprint density at radius 2 is 2.02 bits per heavy atom. The lowest BCUT2D eigenvalue weighted by molar-refractivity contribution is 0.0500. The minimum Gasteiger partial charge on any atom is -0.444 e. The highest BCUT2D eigenvalue weighted by atomic mass is 28.3. The average molecular weight is 600 g/mol. The van der Waals surface area contributed by atoms with Gasteiger partial charge in [-0.1, -0.05) is 25.7 Å². The number of imidazole rings is 1. The van der Waals surface area contributed by atoms with Gasteiger partial charge in [-0.15, -0.1) is 0 Å². The molecule has 0 radical (unpaired) electrons. The number of aromatic nitrogens is 4. The van der Waals surface area contributed by atoms with Crippen LogP contribution >= 0.6 is 0 Å². The zero-order valence-corrected chi connectivity index (χ0v) is 26.3. The minimum atomic E-state index is -1.29. The number of benzene rings is 1. The van der Waals surface area contributed by atoms with Gasteiger partial charge in [0.15, 0.2) is 0 Å². The molecule has 1 fully saturated rings. The first-order valence-corrected chi connectivity index (χ1v) is 18.0. The van der Waals surface area contributed by atoms with Gasteiger partial charge in [0.25, 0.3) is 5.91 Å². The molecule has 3 heterocycles. The van der Waals surface area contributed by atoms with Gasteiger partial charge in [-0.25, -0.2) is 14.2 Å². The van der Waals surface area contributed by atoms with E-state index in [1.54, 1.807) is 56.1 Å². The van der Waals surface area contributed by atoms with Gasteiger partial charge in [0.2, 0.25) is 5.82 Å². The number of piperidine rings is 1. The standard InChI is InChI=1S/C29H42FN7O4Si/c1-29(2,3)41-28(39)33-21-9-8-12-36(17-21)25-22(30)10-7-11-23(25)35-27(38)26-34-24(20-15-31-32-16-20)18-37(26)19-40-13-14-42(4,5)6/h7,10-11,15-16,18,21H,8-9,12-14,17,19H2,1-6H3,(H,31,32)(H,33,39)(H,35,38). The Hall–Kier alpha value is -3.71. The van der Waals surface area contributed by atoms with E-state index in [-0.39, 0.29) is 24.3 Å². The number of carbonyl (C=O) groups is 2. The molecule has 1 atom stereocenters. The molecule has 0 spiro atoms. The van der Waals surface area contributed by atoms with Gasteiger partial charge in [0, 0.05) is 51.8 Å². The van der Waals surface area contributed by atoms with Crippen LogP contribution in [-0.2, 0) is 16.2 Å². The molecule has 0 aliphatic carbocycles. The predicted molar refractivity (Wildman–Crippen MR) is 163 cm³/mol. The Bertz CT molecular complexity index is 1370. The highest BCUT2D eigenvalue weighted by Crippen LogP contribution is 2.32. The van der Waals surface area contributed by atoms with Crippen molar-refractivity contribution in [1.82, 2.24) is 25.1 Å². The fourth-order valence-electron chi connectivity index (χ4n) is 4.65. The van der Waals surface area contributed by atoms with Crippen molar-refractivity contribution in [2.24, 2.45) is 0 Å². The van der Waals surface area contributed by atoms with E-state index in [0.29, 0.717) is 31.1 Å². The maximum atomic E-state index is 15.3. The first-order valence-electron chi connectivity index (χ1n) is 14.3. The zero-order valence-electron chi connectivity index (χ0n) is 25.3. The van der Waals surface area contributed by atoms with E-state index in [1.165, 1.54) is 6.07 Å². The summed E-state index contributed by atoms with van der Waals surface area (Å²) < 4.78 is 28.3. The van der Waals surface area contributed by atoms with Crippen LogP contribution in [0.3, 0.4) is 0 Å². The van der Waals surface area contributed by atoms with Crippen LogP contribution in [0.25, 0.3) is 11.3 Å². The van der Waals surface area contributed by atoms with E-state index >= 15 is 4.39 Å². The SMILES string of the molecule is CC(C)(C)OC(=O)NC1CCCN(c2c(F)cccc2NC(=O)c2nc(-c3cn[nH]c3)cn2COCC[Si](C)(C)C)C1. The summed E-state index contributed by atoms with van der Waals surface area (Å²) in [6.07, 6.45) is 6.03. The highest BCUT2D eigenvalue weighted by Gasteiger charge is 2.28. The number of aromatic amines is 1. The fraction of sp³-hybridized carbons (Fsp3) is 0.517. The van der Waals surface area contributed by atoms with Crippen LogP contribution in [0.5, 0.6) is 0 Å². The first kappa shape index (κ1) is 31.2. The number of ether oxygens (including phenoxy) is 2. The van der Waals surface area contributed by atoms with E-state index in [0.717, 1.165) is 24.4 Å². The number of amides is 2. The maximum Gasteiger partial charge on any atom is 0.407 e. The topological polar surface area (TPSA) is 126 Å². The Morgan fingerprint density at radius 1 is 1.24 bits per heavy atom. The number of para-hydroxylation sites is 1. The summed E-state index contributed by atoms with van der Waals surface area (Å²) >= 11 is 0. The number of anilines is 2. The van der Waals surface area contributed by atoms with Crippen LogP contribution in [0.15, 0.2) is 36.8 Å². The Morgan fingerprint density at radius 3 is 2.71 bits per heavy atom. The van der Waals surface area contributed by atoms with E-state index in [2.05, 4.69) is 45.5 Å². The number of halogens is 1. The molecular weight excluding hydrogens is 557 g/mol. The average Bonchev–Trinajstić information content (AvgIpc) is 3.55. The summed E-state index contributed by atoms with van der Waals surface area (Å²) in [6.45, 7) is 13.9. The molecule has 1 aliphatic heterocycles. The monoisotopic (exact) mass is 599 g/mol. The molecule has 4 rings (SSSR count). The van der Waals surface area contributed by atoms with Gasteiger partial charge in [-0.2, -0.15) is 5.10 Å². The van der Waals surface area contributed by atoms with Crippen molar-refractivity contribution in [2.45, 2.75) is 77.7 Å². The molecule has 2 aromatic heterocycles. The second kappa shape index (κ2) is 13.1. The smallest absolute Gasteiger partial charge is 0.407 e. The fourth-order valence-corrected chi connectivity index (χ4v) is 5.41. The van der Waals surface area contributed by atoms with Gasteiger partial charge >= 0.3 is 6.09 Å². The number of nitrogens with one attached hydrogen (secondary N) is 3. The number of H-pyrrole nitrogens is 1. The Balaban J connectivity index is 1.53. The van der Waals surface area contributed by atoms with Crippen LogP contribution in [-0.4, -0.2) is 71.2 Å². The number of hydrogen-bond donors (Lipinski definition) is 3. The molecule has 1 aromatic carbocycles. The second-order valence-electron chi connectivity index (χ2n) is 12.8. The third-order valence-corrected chi connectivity index (χ3v) is 8.40. The molecule has 0 bridgehead atoms. The first-order chi connectivity index (χ1) is 19.8. The van der Waals surface area contributed by atoms with Crippen LogP contribution in [0.2, 0.25) is 25.7 Å². The number of carbonyl (C=O) groups excluding carboxylic acids is 2. The van der Waals surface area contributed by atoms with Crippen LogP contribution in [0.1, 0.15) is 44.2 Å². The van der Waals surface area contributed by atoms with E-state index < -0.39 is 31.5 Å². The largest absolute Gasteiger partial charge is 0.444 e. The predicted octanol–water partition coefficient (Wildman–Crippen LogP) is 5.47. The summed E-state index contributed by atoms with van der Waals surface area (Å²) in [5.74, 6) is -0.828. The molecule has 3 aromatic rings. The third-order valence-electron chi connectivity index (χ3n) is 6.69. The molecule has 1 unspecified atom stereocenters. The lowest BCUT2D eigenvalue weighted by Gasteiger charge is -2.36. The Kier molecular flexibility index (Phi) is 9.72. The van der Waals surface area contributed by atoms with Crippen LogP contribution in [0.4, 0.5) is 20.6 Å². The lowest BCUT2D eigenvalue weighted by atomic mass is 10.0. The second-order valence-corrected chi connectivity index (χ2v) is 18.4. The summed E-state index contributed by atoms with van der Waals surface area (Å²) in [7, 11) is -1.29. The van der Waals surface area contributed by atoms with E-state index in [4.69, 9.17) is 9.47 Å². The van der Waals surface area contributed by atoms with Gasteiger partial charge in [-0.3, -0.25) is 9.89 Å². The van der Waals surface area contributed by atoms with Gasteiger partial charge in [0.05, 0.1) is 23.3 Å². The van der Waals surface area contributed by atoms with Crippen LogP contribution in [0, 0.1) is 5.82 Å². The van der Waals surface area contributed by atoms with Gasteiger partial charge in [-0.05, 0) is 51.8 Å². The van der Waals surface area contributed by atoms with Crippen molar-refractivity contribution < 1.29 is 23.5 Å². The number of hydrogen-bond acceptors (Lipinski definition) is 7. The van der Waals surface area contributed by atoms with Crippen molar-refractivity contribution in [3.05, 3.63) is 48.4 Å². The quantitative estimate of drug-likeness (QED) is 0.208. The highest BCUT2D eigenvalue weighted by molar-refractivity contribution is 6.76. The number of alkyl carbamates (subject to hydrolysis) is 1. The molecule has 13 heteroatoms. The minimum absolute atomic E-state index is 0.137.